The summed E-state index contributed by atoms with van der Waals surface area (Å²) in [4.78, 5) is 28.0. The van der Waals surface area contributed by atoms with Crippen molar-refractivity contribution in [2.24, 2.45) is 0 Å². The maximum Gasteiger partial charge on any atom is 0.422 e. The second kappa shape index (κ2) is 9.31. The quantitative estimate of drug-likeness (QED) is 0.436. The van der Waals surface area contributed by atoms with Gasteiger partial charge in [0.25, 0.3) is 5.91 Å². The van der Waals surface area contributed by atoms with Crippen molar-refractivity contribution in [3.63, 3.8) is 0 Å². The van der Waals surface area contributed by atoms with Crippen LogP contribution in [0.1, 0.15) is 34.3 Å². The topological polar surface area (TPSA) is 100.0 Å². The Bertz CT molecular complexity index is 1410. The second-order valence-electron chi connectivity index (χ2n) is 8.51. The molecule has 0 spiro atoms. The van der Waals surface area contributed by atoms with Gasteiger partial charge >= 0.3 is 12.1 Å². The van der Waals surface area contributed by atoms with Crippen molar-refractivity contribution >= 4 is 29.2 Å². The van der Waals surface area contributed by atoms with E-state index < -0.39 is 46.5 Å². The molecule has 2 aromatic carbocycles. The number of rotatable bonds is 5. The normalized spacial score (nSPS) is 16.0. The monoisotopic (exact) mass is 538 g/mol. The van der Waals surface area contributed by atoms with Crippen LogP contribution in [0, 0.1) is 5.82 Å². The Morgan fingerprint density at radius 3 is 2.41 bits per heavy atom. The summed E-state index contributed by atoms with van der Waals surface area (Å²) in [7, 11) is 1.35. The van der Waals surface area contributed by atoms with Crippen LogP contribution in [0.25, 0.3) is 11.1 Å². The zero-order chi connectivity index (χ0) is 27.3. The summed E-state index contributed by atoms with van der Waals surface area (Å²) in [6.45, 7) is 0.821. The molecule has 0 radical (unpaired) electrons. The highest BCUT2D eigenvalue weighted by atomic mass is 35.5. The second-order valence-corrected chi connectivity index (χ2v) is 8.92. The minimum absolute atomic E-state index is 0.0306. The lowest BCUT2D eigenvalue weighted by molar-refractivity contribution is -0.274. The number of halogens is 5. The highest BCUT2D eigenvalue weighted by Gasteiger charge is 2.59. The third-order valence-electron chi connectivity index (χ3n) is 6.40. The van der Waals surface area contributed by atoms with Gasteiger partial charge in [-0.2, -0.15) is 13.2 Å². The SMILES string of the molecule is C[C@H](c1ccc(-c2ccc(C(=O)O)c(F)c2)cc1Cl)[C@@](O)(c1cnc2c(c1)N(C)C(=O)CO2)C(F)(F)F. The number of alkyl halides is 3. The first-order valence-electron chi connectivity index (χ1n) is 10.8. The minimum Gasteiger partial charge on any atom is -0.478 e. The molecular formula is C25H19ClF4N2O5. The van der Waals surface area contributed by atoms with E-state index in [1.807, 2.05) is 0 Å². The van der Waals surface area contributed by atoms with Gasteiger partial charge < -0.3 is 19.8 Å². The number of anilines is 1. The first-order valence-corrected chi connectivity index (χ1v) is 11.1. The molecule has 2 heterocycles. The summed E-state index contributed by atoms with van der Waals surface area (Å²) < 4.78 is 62.6. The average Bonchev–Trinajstić information content (AvgIpc) is 2.84. The van der Waals surface area contributed by atoms with Gasteiger partial charge in [-0.25, -0.2) is 14.2 Å². The Hall–Kier alpha value is -3.70. The summed E-state index contributed by atoms with van der Waals surface area (Å²) >= 11 is 6.34. The lowest BCUT2D eigenvalue weighted by atomic mass is 9.78. The van der Waals surface area contributed by atoms with Gasteiger partial charge in [-0.3, -0.25) is 4.79 Å². The van der Waals surface area contributed by atoms with Crippen molar-refractivity contribution in [1.29, 1.82) is 0 Å². The number of pyridine rings is 1. The molecule has 1 amide bonds. The summed E-state index contributed by atoms with van der Waals surface area (Å²) in [5.41, 5.74) is -4.14. The molecule has 12 heteroatoms. The van der Waals surface area contributed by atoms with Gasteiger partial charge in [0.2, 0.25) is 5.88 Å². The molecule has 2 atom stereocenters. The third-order valence-corrected chi connectivity index (χ3v) is 6.73. The standard InChI is InChI=1S/C25H19ClF4N2O5/c1-12(16-5-3-13(7-18(16)26)14-4-6-17(23(34)35)19(27)8-14)24(36,25(28,29)30)15-9-20-22(31-10-15)37-11-21(33)32(20)2/h3-10,12,36H,11H2,1-2H3,(H,34,35)/t12-,24-/m1/s1. The van der Waals surface area contributed by atoms with E-state index in [-0.39, 0.29) is 34.3 Å². The number of aliphatic hydroxyl groups is 1. The Kier molecular flexibility index (Phi) is 6.63. The van der Waals surface area contributed by atoms with E-state index in [0.29, 0.717) is 5.56 Å². The molecule has 2 N–H and O–H groups in total. The van der Waals surface area contributed by atoms with Gasteiger partial charge in [-0.15, -0.1) is 0 Å². The molecule has 3 aromatic rings. The lowest BCUT2D eigenvalue weighted by Crippen LogP contribution is -2.47. The molecule has 194 valence electrons. The fraction of sp³-hybridized carbons (Fsp3) is 0.240. The number of carboxylic acid groups (broad SMARTS) is 1. The van der Waals surface area contributed by atoms with E-state index in [9.17, 15) is 32.3 Å². The van der Waals surface area contributed by atoms with Crippen LogP contribution in [0.4, 0.5) is 23.2 Å². The number of aromatic nitrogens is 1. The molecule has 1 aliphatic rings. The Morgan fingerprint density at radius 1 is 1.16 bits per heavy atom. The molecule has 4 rings (SSSR count). The van der Waals surface area contributed by atoms with Gasteiger partial charge in [0.1, 0.15) is 11.5 Å². The molecule has 0 saturated heterocycles. The Balaban J connectivity index is 1.76. The van der Waals surface area contributed by atoms with E-state index >= 15 is 0 Å². The molecule has 0 aliphatic carbocycles. The fourth-order valence-electron chi connectivity index (χ4n) is 4.17. The van der Waals surface area contributed by atoms with E-state index in [1.165, 1.54) is 31.3 Å². The van der Waals surface area contributed by atoms with Crippen LogP contribution in [-0.4, -0.2) is 46.9 Å². The van der Waals surface area contributed by atoms with E-state index in [0.717, 1.165) is 36.2 Å². The number of hydrogen-bond donors (Lipinski definition) is 2. The van der Waals surface area contributed by atoms with Gasteiger partial charge in [-0.1, -0.05) is 36.7 Å². The molecule has 7 nitrogen and oxygen atoms in total. The zero-order valence-electron chi connectivity index (χ0n) is 19.3. The molecule has 0 unspecified atom stereocenters. The average molecular weight is 539 g/mol. The smallest absolute Gasteiger partial charge is 0.422 e. The van der Waals surface area contributed by atoms with E-state index in [2.05, 4.69) is 4.98 Å². The third kappa shape index (κ3) is 4.49. The van der Waals surface area contributed by atoms with Crippen LogP contribution >= 0.6 is 11.6 Å². The molecular weight excluding hydrogens is 520 g/mol. The molecule has 1 aromatic heterocycles. The number of ether oxygens (including phenoxy) is 1. The van der Waals surface area contributed by atoms with Crippen molar-refractivity contribution in [2.75, 3.05) is 18.6 Å². The van der Waals surface area contributed by atoms with Crippen LogP contribution < -0.4 is 9.64 Å². The highest BCUT2D eigenvalue weighted by Crippen LogP contribution is 2.51. The van der Waals surface area contributed by atoms with Crippen LogP contribution in [-0.2, 0) is 10.4 Å². The van der Waals surface area contributed by atoms with Crippen LogP contribution in [0.3, 0.4) is 0 Å². The minimum atomic E-state index is -5.18. The zero-order valence-corrected chi connectivity index (χ0v) is 20.1. The number of fused-ring (bicyclic) bond motifs is 1. The van der Waals surface area contributed by atoms with Crippen molar-refractivity contribution in [1.82, 2.24) is 4.98 Å². The largest absolute Gasteiger partial charge is 0.478 e. The Labute approximate surface area is 212 Å². The first kappa shape index (κ1) is 26.4. The predicted molar refractivity (Wildman–Crippen MR) is 125 cm³/mol. The number of nitrogens with zero attached hydrogens (tertiary/aromatic N) is 2. The van der Waals surface area contributed by atoms with Gasteiger partial charge in [0.15, 0.2) is 12.2 Å². The van der Waals surface area contributed by atoms with Crippen LogP contribution in [0.15, 0.2) is 48.7 Å². The first-order chi connectivity index (χ1) is 17.3. The van der Waals surface area contributed by atoms with Crippen molar-refractivity contribution < 1.29 is 42.1 Å². The van der Waals surface area contributed by atoms with Crippen LogP contribution in [0.2, 0.25) is 5.02 Å². The Morgan fingerprint density at radius 2 is 1.81 bits per heavy atom. The van der Waals surface area contributed by atoms with Crippen molar-refractivity contribution in [3.8, 4) is 17.0 Å². The van der Waals surface area contributed by atoms with Gasteiger partial charge in [-0.05, 0) is 41.0 Å². The summed E-state index contributed by atoms with van der Waals surface area (Å²) in [5, 5.41) is 20.0. The summed E-state index contributed by atoms with van der Waals surface area (Å²) in [5.74, 6) is -4.63. The molecule has 0 saturated carbocycles. The fourth-order valence-corrected chi connectivity index (χ4v) is 4.52. The number of carbonyl (C=O) groups is 2. The van der Waals surface area contributed by atoms with Crippen molar-refractivity contribution in [2.45, 2.75) is 24.6 Å². The number of carboxylic acids is 1. The summed E-state index contributed by atoms with van der Waals surface area (Å²) in [6.07, 6.45) is -4.35. The number of benzene rings is 2. The number of amides is 1. The maximum atomic E-state index is 14.4. The number of carbonyl (C=O) groups excluding carboxylic acids is 1. The number of hydrogen-bond acceptors (Lipinski definition) is 5. The van der Waals surface area contributed by atoms with E-state index in [4.69, 9.17) is 21.4 Å². The van der Waals surface area contributed by atoms with Gasteiger partial charge in [0, 0.05) is 29.7 Å². The number of likely N-dealkylation sites (N-methyl/N-ethyl adjacent to an activating group) is 1. The van der Waals surface area contributed by atoms with Crippen molar-refractivity contribution in [3.05, 3.63) is 76.2 Å². The summed E-state index contributed by atoms with van der Waals surface area (Å²) in [6, 6.07) is 8.33. The predicted octanol–water partition coefficient (Wildman–Crippen LogP) is 5.15. The molecule has 1 aliphatic heterocycles. The lowest BCUT2D eigenvalue weighted by Gasteiger charge is -2.37. The molecule has 0 bridgehead atoms. The highest BCUT2D eigenvalue weighted by molar-refractivity contribution is 6.31. The van der Waals surface area contributed by atoms with Crippen LogP contribution in [0.5, 0.6) is 5.88 Å². The van der Waals surface area contributed by atoms with E-state index in [1.54, 1.807) is 0 Å². The van der Waals surface area contributed by atoms with Gasteiger partial charge in [0.05, 0.1) is 5.56 Å². The molecule has 0 fully saturated rings. The maximum absolute atomic E-state index is 14.4. The molecule has 37 heavy (non-hydrogen) atoms. The number of aromatic carboxylic acids is 1.